The van der Waals surface area contributed by atoms with E-state index in [1.165, 1.54) is 0 Å². The van der Waals surface area contributed by atoms with E-state index < -0.39 is 33.9 Å². The molecule has 0 saturated carbocycles. The Hall–Kier alpha value is -1.31. The summed E-state index contributed by atoms with van der Waals surface area (Å²) in [5.41, 5.74) is 0. The molecule has 0 heterocycles. The van der Waals surface area contributed by atoms with Gasteiger partial charge in [0.05, 0.1) is 5.75 Å². The van der Waals surface area contributed by atoms with Gasteiger partial charge < -0.3 is 15.7 Å². The standard InChI is InChI=1S/C11H22N2O5S/c1-7(2)5-9(10(14)15)13-11(16)12-8(3)6-19(4,17)18/h7-9H,5-6H2,1-4H3,(H,14,15)(H2,12,13,16)/t8?,9-/m0/s1. The SMILES string of the molecule is CC(C)C[C@H](NC(=O)NC(C)CS(C)(=O)=O)C(=O)O. The van der Waals surface area contributed by atoms with Crippen molar-refractivity contribution in [2.24, 2.45) is 5.92 Å². The van der Waals surface area contributed by atoms with Crippen LogP contribution < -0.4 is 10.6 Å². The van der Waals surface area contributed by atoms with E-state index >= 15 is 0 Å². The molecule has 8 heteroatoms. The monoisotopic (exact) mass is 294 g/mol. The molecule has 0 saturated heterocycles. The Balaban J connectivity index is 4.38. The predicted octanol–water partition coefficient (Wildman–Crippen LogP) is 0.218. The molecule has 7 nitrogen and oxygen atoms in total. The second-order valence-electron chi connectivity index (χ2n) is 5.13. The van der Waals surface area contributed by atoms with Crippen LogP contribution in [-0.2, 0) is 14.6 Å². The van der Waals surface area contributed by atoms with E-state index in [-0.39, 0.29) is 11.7 Å². The van der Waals surface area contributed by atoms with Gasteiger partial charge in [0.1, 0.15) is 15.9 Å². The summed E-state index contributed by atoms with van der Waals surface area (Å²) >= 11 is 0. The molecule has 3 N–H and O–H groups in total. The highest BCUT2D eigenvalue weighted by atomic mass is 32.2. The van der Waals surface area contributed by atoms with Crippen molar-refractivity contribution in [1.29, 1.82) is 0 Å². The van der Waals surface area contributed by atoms with E-state index in [1.54, 1.807) is 6.92 Å². The topological polar surface area (TPSA) is 113 Å². The van der Waals surface area contributed by atoms with Crippen molar-refractivity contribution in [3.8, 4) is 0 Å². The number of carboxylic acid groups (broad SMARTS) is 1. The largest absolute Gasteiger partial charge is 0.480 e. The predicted molar refractivity (Wildman–Crippen MR) is 71.7 cm³/mol. The average Bonchev–Trinajstić information content (AvgIpc) is 2.11. The molecule has 1 unspecified atom stereocenters. The molecule has 0 aliphatic carbocycles. The van der Waals surface area contributed by atoms with Crippen molar-refractivity contribution in [2.75, 3.05) is 12.0 Å². The van der Waals surface area contributed by atoms with Crippen LogP contribution in [-0.4, -0.2) is 49.6 Å². The molecule has 112 valence electrons. The lowest BCUT2D eigenvalue weighted by molar-refractivity contribution is -0.139. The van der Waals surface area contributed by atoms with Gasteiger partial charge in [0.2, 0.25) is 0 Å². The summed E-state index contributed by atoms with van der Waals surface area (Å²) in [6, 6.07) is -2.24. The Morgan fingerprint density at radius 2 is 1.68 bits per heavy atom. The van der Waals surface area contributed by atoms with Gasteiger partial charge in [-0.25, -0.2) is 18.0 Å². The van der Waals surface area contributed by atoms with Gasteiger partial charge in [-0.15, -0.1) is 0 Å². The number of aliphatic carboxylic acids is 1. The van der Waals surface area contributed by atoms with Gasteiger partial charge in [0, 0.05) is 12.3 Å². The first-order valence-corrected chi connectivity index (χ1v) is 8.05. The summed E-state index contributed by atoms with van der Waals surface area (Å²) in [4.78, 5) is 22.5. The molecule has 2 amide bonds. The first-order chi connectivity index (χ1) is 8.51. The lowest BCUT2D eigenvalue weighted by Crippen LogP contribution is -2.50. The lowest BCUT2D eigenvalue weighted by Gasteiger charge is -2.19. The Bertz CT molecular complexity index is 419. The number of carbonyl (C=O) groups excluding carboxylic acids is 1. The fourth-order valence-electron chi connectivity index (χ4n) is 1.61. The Morgan fingerprint density at radius 3 is 2.05 bits per heavy atom. The van der Waals surface area contributed by atoms with E-state index in [2.05, 4.69) is 10.6 Å². The normalized spacial score (nSPS) is 14.8. The Kier molecular flexibility index (Phi) is 6.82. The fraction of sp³-hybridized carbons (Fsp3) is 0.818. The maximum Gasteiger partial charge on any atom is 0.326 e. The number of nitrogens with one attached hydrogen (secondary N) is 2. The summed E-state index contributed by atoms with van der Waals surface area (Å²) in [7, 11) is -3.19. The molecule has 0 radical (unpaired) electrons. The van der Waals surface area contributed by atoms with Crippen molar-refractivity contribution in [3.63, 3.8) is 0 Å². The summed E-state index contributed by atoms with van der Waals surface area (Å²) in [5, 5.41) is 13.7. The Morgan fingerprint density at radius 1 is 1.16 bits per heavy atom. The maximum absolute atomic E-state index is 11.6. The van der Waals surface area contributed by atoms with Crippen molar-refractivity contribution < 1.29 is 23.1 Å². The molecule has 0 spiro atoms. The number of rotatable bonds is 7. The molecule has 2 atom stereocenters. The molecule has 0 aliphatic heterocycles. The van der Waals surface area contributed by atoms with Crippen molar-refractivity contribution in [1.82, 2.24) is 10.6 Å². The van der Waals surface area contributed by atoms with Crippen molar-refractivity contribution in [2.45, 2.75) is 39.3 Å². The van der Waals surface area contributed by atoms with Gasteiger partial charge >= 0.3 is 12.0 Å². The van der Waals surface area contributed by atoms with Crippen LogP contribution >= 0.6 is 0 Å². The van der Waals surface area contributed by atoms with Gasteiger partial charge in [0.25, 0.3) is 0 Å². The van der Waals surface area contributed by atoms with E-state index in [0.29, 0.717) is 6.42 Å². The van der Waals surface area contributed by atoms with Gasteiger partial charge in [-0.05, 0) is 19.3 Å². The molecular formula is C11H22N2O5S. The summed E-state index contributed by atoms with van der Waals surface area (Å²) < 4.78 is 22.1. The molecule has 0 rings (SSSR count). The van der Waals surface area contributed by atoms with Crippen LogP contribution in [0.25, 0.3) is 0 Å². The van der Waals surface area contributed by atoms with Crippen LogP contribution in [0, 0.1) is 5.92 Å². The molecule has 0 aliphatic rings. The van der Waals surface area contributed by atoms with Crippen LogP contribution in [0.4, 0.5) is 4.79 Å². The molecule has 0 bridgehead atoms. The minimum Gasteiger partial charge on any atom is -0.480 e. The zero-order valence-electron chi connectivity index (χ0n) is 11.6. The van der Waals surface area contributed by atoms with Gasteiger partial charge in [-0.1, -0.05) is 13.8 Å². The molecular weight excluding hydrogens is 272 g/mol. The number of amides is 2. The van der Waals surface area contributed by atoms with Crippen molar-refractivity contribution in [3.05, 3.63) is 0 Å². The first-order valence-electron chi connectivity index (χ1n) is 5.98. The molecule has 0 aromatic carbocycles. The van der Waals surface area contributed by atoms with Gasteiger partial charge in [-0.3, -0.25) is 0 Å². The third kappa shape index (κ3) is 9.29. The Labute approximate surface area is 113 Å². The third-order valence-corrected chi connectivity index (χ3v) is 3.35. The molecule has 0 aromatic rings. The number of hydrogen-bond donors (Lipinski definition) is 3. The average molecular weight is 294 g/mol. The minimum absolute atomic E-state index is 0.120. The first kappa shape index (κ1) is 17.7. The van der Waals surface area contributed by atoms with Crippen LogP contribution in [0.2, 0.25) is 0 Å². The van der Waals surface area contributed by atoms with Gasteiger partial charge in [-0.2, -0.15) is 0 Å². The number of urea groups is 1. The highest BCUT2D eigenvalue weighted by Crippen LogP contribution is 2.04. The van der Waals surface area contributed by atoms with E-state index in [9.17, 15) is 18.0 Å². The quantitative estimate of drug-likeness (QED) is 0.621. The van der Waals surface area contributed by atoms with E-state index in [1.807, 2.05) is 13.8 Å². The second kappa shape index (κ2) is 7.32. The summed E-state index contributed by atoms with van der Waals surface area (Å²) in [6.07, 6.45) is 1.38. The summed E-state index contributed by atoms with van der Waals surface area (Å²) in [5.74, 6) is -1.18. The van der Waals surface area contributed by atoms with Crippen LogP contribution in [0.15, 0.2) is 0 Å². The summed E-state index contributed by atoms with van der Waals surface area (Å²) in [6.45, 7) is 5.24. The molecule has 19 heavy (non-hydrogen) atoms. The second-order valence-corrected chi connectivity index (χ2v) is 7.32. The van der Waals surface area contributed by atoms with Crippen LogP contribution in [0.3, 0.4) is 0 Å². The van der Waals surface area contributed by atoms with Crippen molar-refractivity contribution >= 4 is 21.8 Å². The van der Waals surface area contributed by atoms with E-state index in [4.69, 9.17) is 5.11 Å². The number of hydrogen-bond acceptors (Lipinski definition) is 4. The van der Waals surface area contributed by atoms with E-state index in [0.717, 1.165) is 6.26 Å². The van der Waals surface area contributed by atoms with Crippen LogP contribution in [0.5, 0.6) is 0 Å². The highest BCUT2D eigenvalue weighted by molar-refractivity contribution is 7.90. The number of sulfone groups is 1. The van der Waals surface area contributed by atoms with Crippen LogP contribution in [0.1, 0.15) is 27.2 Å². The molecule has 0 aromatic heterocycles. The third-order valence-electron chi connectivity index (χ3n) is 2.24. The molecule has 0 fully saturated rings. The zero-order chi connectivity index (χ0) is 15.2. The van der Waals surface area contributed by atoms with Gasteiger partial charge in [0.15, 0.2) is 0 Å². The fourth-order valence-corrected chi connectivity index (χ4v) is 2.60. The smallest absolute Gasteiger partial charge is 0.326 e. The zero-order valence-corrected chi connectivity index (χ0v) is 12.5. The highest BCUT2D eigenvalue weighted by Gasteiger charge is 2.22. The lowest BCUT2D eigenvalue weighted by atomic mass is 10.0. The maximum atomic E-state index is 11.6. The minimum atomic E-state index is -3.19. The number of carboxylic acids is 1. The number of carbonyl (C=O) groups is 2.